The SMILES string of the molecule is COc1cc(OC)c(C(=O)OCC(=O)NCC(=O)NC(C)C)cc1OC. The second-order valence-corrected chi connectivity index (χ2v) is 5.48. The molecule has 0 saturated heterocycles. The predicted molar refractivity (Wildman–Crippen MR) is 92.7 cm³/mol. The zero-order chi connectivity index (χ0) is 19.7. The molecule has 9 nitrogen and oxygen atoms in total. The van der Waals surface area contributed by atoms with Crippen molar-refractivity contribution in [3.05, 3.63) is 17.7 Å². The molecule has 0 bridgehead atoms. The molecular formula is C17H24N2O7. The van der Waals surface area contributed by atoms with Crippen LogP contribution in [0.1, 0.15) is 24.2 Å². The van der Waals surface area contributed by atoms with Crippen LogP contribution in [0.25, 0.3) is 0 Å². The van der Waals surface area contributed by atoms with Crippen LogP contribution in [0.5, 0.6) is 17.2 Å². The summed E-state index contributed by atoms with van der Waals surface area (Å²) in [6.07, 6.45) is 0. The van der Waals surface area contributed by atoms with Gasteiger partial charge in [0, 0.05) is 18.2 Å². The van der Waals surface area contributed by atoms with Crippen LogP contribution in [0.4, 0.5) is 0 Å². The van der Waals surface area contributed by atoms with E-state index in [4.69, 9.17) is 18.9 Å². The lowest BCUT2D eigenvalue weighted by Gasteiger charge is -2.13. The number of carbonyl (C=O) groups excluding carboxylic acids is 3. The number of carbonyl (C=O) groups is 3. The quantitative estimate of drug-likeness (QED) is 0.611. The number of esters is 1. The number of methoxy groups -OCH3 is 3. The minimum Gasteiger partial charge on any atom is -0.496 e. The van der Waals surface area contributed by atoms with Gasteiger partial charge in [-0.1, -0.05) is 0 Å². The van der Waals surface area contributed by atoms with Crippen LogP contribution < -0.4 is 24.8 Å². The molecule has 1 aromatic carbocycles. The smallest absolute Gasteiger partial charge is 0.342 e. The minimum absolute atomic E-state index is 0.0326. The molecule has 0 atom stereocenters. The number of benzene rings is 1. The van der Waals surface area contributed by atoms with Crippen molar-refractivity contribution in [2.24, 2.45) is 0 Å². The zero-order valence-corrected chi connectivity index (χ0v) is 15.5. The molecular weight excluding hydrogens is 344 g/mol. The van der Waals surface area contributed by atoms with Gasteiger partial charge in [-0.15, -0.1) is 0 Å². The summed E-state index contributed by atoms with van der Waals surface area (Å²) < 4.78 is 20.4. The Balaban J connectivity index is 2.67. The molecule has 0 unspecified atom stereocenters. The van der Waals surface area contributed by atoms with Crippen LogP contribution in [0.2, 0.25) is 0 Å². The van der Waals surface area contributed by atoms with Gasteiger partial charge in [-0.25, -0.2) is 4.79 Å². The first kappa shape index (κ1) is 21.1. The molecule has 0 saturated carbocycles. The van der Waals surface area contributed by atoms with Crippen molar-refractivity contribution >= 4 is 17.8 Å². The molecule has 2 amide bonds. The fourth-order valence-corrected chi connectivity index (χ4v) is 2.00. The van der Waals surface area contributed by atoms with Crippen molar-refractivity contribution in [3.63, 3.8) is 0 Å². The lowest BCUT2D eigenvalue weighted by Crippen LogP contribution is -2.41. The molecule has 0 aliphatic rings. The van der Waals surface area contributed by atoms with Gasteiger partial charge in [0.2, 0.25) is 5.91 Å². The molecule has 1 aromatic rings. The fourth-order valence-electron chi connectivity index (χ4n) is 2.00. The van der Waals surface area contributed by atoms with Crippen molar-refractivity contribution in [1.29, 1.82) is 0 Å². The average Bonchev–Trinajstić information content (AvgIpc) is 2.62. The van der Waals surface area contributed by atoms with Gasteiger partial charge in [0.1, 0.15) is 11.3 Å². The molecule has 0 spiro atoms. The highest BCUT2D eigenvalue weighted by molar-refractivity contribution is 5.95. The summed E-state index contributed by atoms with van der Waals surface area (Å²) in [5, 5.41) is 4.98. The van der Waals surface area contributed by atoms with E-state index in [1.165, 1.54) is 33.5 Å². The van der Waals surface area contributed by atoms with Gasteiger partial charge in [0.25, 0.3) is 5.91 Å². The maximum atomic E-state index is 12.2. The summed E-state index contributed by atoms with van der Waals surface area (Å²) in [5.74, 6) is -0.795. The fraction of sp³-hybridized carbons (Fsp3) is 0.471. The highest BCUT2D eigenvalue weighted by atomic mass is 16.5. The highest BCUT2D eigenvalue weighted by Gasteiger charge is 2.20. The summed E-state index contributed by atoms with van der Waals surface area (Å²) in [6.45, 7) is 2.87. The van der Waals surface area contributed by atoms with Crippen LogP contribution >= 0.6 is 0 Å². The van der Waals surface area contributed by atoms with Crippen molar-refractivity contribution in [2.45, 2.75) is 19.9 Å². The number of hydrogen-bond acceptors (Lipinski definition) is 7. The first-order chi connectivity index (χ1) is 12.3. The molecule has 0 radical (unpaired) electrons. The Kier molecular flexibility index (Phi) is 8.20. The summed E-state index contributed by atoms with van der Waals surface area (Å²) in [4.78, 5) is 35.4. The van der Waals surface area contributed by atoms with E-state index in [2.05, 4.69) is 10.6 Å². The van der Waals surface area contributed by atoms with E-state index in [0.717, 1.165) is 0 Å². The first-order valence-corrected chi connectivity index (χ1v) is 7.85. The van der Waals surface area contributed by atoms with Crippen LogP contribution in [0.3, 0.4) is 0 Å². The highest BCUT2D eigenvalue weighted by Crippen LogP contribution is 2.34. The van der Waals surface area contributed by atoms with Gasteiger partial charge >= 0.3 is 5.97 Å². The van der Waals surface area contributed by atoms with Gasteiger partial charge in [-0.3, -0.25) is 9.59 Å². The van der Waals surface area contributed by atoms with Crippen LogP contribution in [-0.2, 0) is 14.3 Å². The Bertz CT molecular complexity index is 659. The van der Waals surface area contributed by atoms with E-state index in [1.807, 2.05) is 0 Å². The summed E-state index contributed by atoms with van der Waals surface area (Å²) in [6, 6.07) is 2.84. The predicted octanol–water partition coefficient (Wildman–Crippen LogP) is 0.510. The van der Waals surface area contributed by atoms with Crippen LogP contribution in [0.15, 0.2) is 12.1 Å². The summed E-state index contributed by atoms with van der Waals surface area (Å²) in [7, 11) is 4.27. The molecule has 9 heteroatoms. The molecule has 26 heavy (non-hydrogen) atoms. The van der Waals surface area contributed by atoms with Gasteiger partial charge in [-0.05, 0) is 13.8 Å². The van der Waals surface area contributed by atoms with Gasteiger partial charge < -0.3 is 29.6 Å². The Morgan fingerprint density at radius 2 is 1.50 bits per heavy atom. The Labute approximate surface area is 151 Å². The zero-order valence-electron chi connectivity index (χ0n) is 15.5. The third-order valence-corrected chi connectivity index (χ3v) is 3.16. The number of rotatable bonds is 9. The van der Waals surface area contributed by atoms with Crippen molar-refractivity contribution < 1.29 is 33.3 Å². The van der Waals surface area contributed by atoms with Crippen molar-refractivity contribution in [3.8, 4) is 17.2 Å². The van der Waals surface area contributed by atoms with Crippen LogP contribution in [0, 0.1) is 0 Å². The lowest BCUT2D eigenvalue weighted by atomic mass is 10.1. The number of hydrogen-bond donors (Lipinski definition) is 2. The van der Waals surface area contributed by atoms with E-state index in [0.29, 0.717) is 11.5 Å². The molecule has 1 rings (SSSR count). The van der Waals surface area contributed by atoms with E-state index >= 15 is 0 Å². The molecule has 0 aromatic heterocycles. The molecule has 144 valence electrons. The number of ether oxygens (including phenoxy) is 4. The molecule has 0 aliphatic heterocycles. The second kappa shape index (κ2) is 10.1. The van der Waals surface area contributed by atoms with E-state index in [-0.39, 0.29) is 29.8 Å². The monoisotopic (exact) mass is 368 g/mol. The largest absolute Gasteiger partial charge is 0.496 e. The number of nitrogens with one attached hydrogen (secondary N) is 2. The van der Waals surface area contributed by atoms with Crippen LogP contribution in [-0.4, -0.2) is 58.3 Å². The van der Waals surface area contributed by atoms with Gasteiger partial charge in [-0.2, -0.15) is 0 Å². The Morgan fingerprint density at radius 3 is 2.04 bits per heavy atom. The topological polar surface area (TPSA) is 112 Å². The third kappa shape index (κ3) is 6.15. The Hall–Kier alpha value is -2.97. The maximum Gasteiger partial charge on any atom is 0.342 e. The van der Waals surface area contributed by atoms with Crippen molar-refractivity contribution in [2.75, 3.05) is 34.5 Å². The second-order valence-electron chi connectivity index (χ2n) is 5.48. The summed E-state index contributed by atoms with van der Waals surface area (Å²) in [5.41, 5.74) is 0.0792. The van der Waals surface area contributed by atoms with Gasteiger partial charge in [0.05, 0.1) is 27.9 Å². The molecule has 0 heterocycles. The van der Waals surface area contributed by atoms with E-state index < -0.39 is 18.5 Å². The van der Waals surface area contributed by atoms with Gasteiger partial charge in [0.15, 0.2) is 18.1 Å². The normalized spacial score (nSPS) is 10.1. The molecule has 0 aliphatic carbocycles. The molecule has 0 fully saturated rings. The Morgan fingerprint density at radius 1 is 0.923 bits per heavy atom. The standard InChI is InChI=1S/C17H24N2O7/c1-10(2)19-15(20)8-18-16(21)9-26-17(22)11-6-13(24-4)14(25-5)7-12(11)23-3/h6-7,10H,8-9H2,1-5H3,(H,18,21)(H,19,20). The third-order valence-electron chi connectivity index (χ3n) is 3.16. The van der Waals surface area contributed by atoms with Crippen molar-refractivity contribution in [1.82, 2.24) is 10.6 Å². The summed E-state index contributed by atoms with van der Waals surface area (Å²) >= 11 is 0. The number of amides is 2. The average molecular weight is 368 g/mol. The molecule has 2 N–H and O–H groups in total. The maximum absolute atomic E-state index is 12.2. The lowest BCUT2D eigenvalue weighted by molar-refractivity contribution is -0.128. The minimum atomic E-state index is -0.774. The van der Waals surface area contributed by atoms with E-state index in [9.17, 15) is 14.4 Å². The van der Waals surface area contributed by atoms with E-state index in [1.54, 1.807) is 13.8 Å². The first-order valence-electron chi connectivity index (χ1n) is 7.85.